The van der Waals surface area contributed by atoms with Gasteiger partial charge in [0.1, 0.15) is 17.5 Å². The molecule has 5 rings (SSSR count). The number of aliphatic hydroxyl groups is 1. The zero-order valence-corrected chi connectivity index (χ0v) is 18.7. The Morgan fingerprint density at radius 3 is 2.31 bits per heavy atom. The van der Waals surface area contributed by atoms with Crippen LogP contribution in [0.15, 0.2) is 47.3 Å². The largest absolute Gasteiger partial charge is 0.416 e. The second-order valence-electron chi connectivity index (χ2n) is 9.11. The molecule has 2 N–H and O–H groups in total. The van der Waals surface area contributed by atoms with Crippen LogP contribution in [-0.2, 0) is 29.4 Å². The second-order valence-corrected chi connectivity index (χ2v) is 9.11. The first-order valence-electron chi connectivity index (χ1n) is 11.2. The van der Waals surface area contributed by atoms with Crippen LogP contribution in [0.25, 0.3) is 0 Å². The van der Waals surface area contributed by atoms with Gasteiger partial charge < -0.3 is 15.0 Å². The van der Waals surface area contributed by atoms with Crippen LogP contribution in [0, 0.1) is 11.6 Å². The van der Waals surface area contributed by atoms with E-state index in [4.69, 9.17) is 0 Å². The fourth-order valence-electron chi connectivity index (χ4n) is 4.65. The van der Waals surface area contributed by atoms with Crippen LogP contribution in [-0.4, -0.2) is 32.4 Å². The summed E-state index contributed by atoms with van der Waals surface area (Å²) < 4.78 is 65.8. The van der Waals surface area contributed by atoms with Crippen LogP contribution in [0.4, 0.5) is 22.0 Å². The Morgan fingerprint density at radius 1 is 1.08 bits per heavy atom. The molecule has 1 fully saturated rings. The molecule has 0 spiro atoms. The predicted molar refractivity (Wildman–Crippen MR) is 117 cm³/mol. The van der Waals surface area contributed by atoms with Gasteiger partial charge in [0.2, 0.25) is 0 Å². The summed E-state index contributed by atoms with van der Waals surface area (Å²) in [4.78, 5) is 34.3. The van der Waals surface area contributed by atoms with E-state index in [-0.39, 0.29) is 30.6 Å². The molecule has 0 saturated heterocycles. The Bertz CT molecular complexity index is 1380. The molecule has 36 heavy (non-hydrogen) atoms. The zero-order valence-electron chi connectivity index (χ0n) is 18.7. The number of amides is 1. The van der Waals surface area contributed by atoms with Crippen LogP contribution >= 0.6 is 0 Å². The lowest BCUT2D eigenvalue weighted by Gasteiger charge is -2.30. The van der Waals surface area contributed by atoms with Gasteiger partial charge in [-0.15, -0.1) is 0 Å². The Morgan fingerprint density at radius 2 is 1.72 bits per heavy atom. The Kier molecular flexibility index (Phi) is 5.70. The van der Waals surface area contributed by atoms with Gasteiger partial charge in [-0.25, -0.2) is 13.8 Å². The molecule has 1 unspecified atom stereocenters. The number of benzene rings is 2. The van der Waals surface area contributed by atoms with Gasteiger partial charge in [0.25, 0.3) is 11.5 Å². The minimum atomic E-state index is -4.45. The van der Waals surface area contributed by atoms with Crippen molar-refractivity contribution in [3.05, 3.63) is 98.2 Å². The summed E-state index contributed by atoms with van der Waals surface area (Å²) in [5.41, 5.74) is -0.863. The zero-order chi connectivity index (χ0) is 25.8. The Labute approximate surface area is 201 Å². The second kappa shape index (κ2) is 8.51. The number of alkyl halides is 3. The lowest BCUT2D eigenvalue weighted by atomic mass is 9.93. The third kappa shape index (κ3) is 4.27. The van der Waals surface area contributed by atoms with Gasteiger partial charge in [-0.2, -0.15) is 13.2 Å². The maximum absolute atomic E-state index is 13.5. The lowest BCUT2D eigenvalue weighted by Crippen LogP contribution is -2.42. The number of nitrogens with zero attached hydrogens (tertiary/aromatic N) is 2. The van der Waals surface area contributed by atoms with Crippen LogP contribution in [0.3, 0.4) is 0 Å². The van der Waals surface area contributed by atoms with E-state index in [2.05, 4.69) is 9.97 Å². The fourth-order valence-corrected chi connectivity index (χ4v) is 4.65. The summed E-state index contributed by atoms with van der Waals surface area (Å²) >= 11 is 0. The molecule has 6 nitrogen and oxygen atoms in total. The Balaban J connectivity index is 1.38. The number of aliphatic hydroxyl groups excluding tert-OH is 1. The highest BCUT2D eigenvalue weighted by molar-refractivity contribution is 5.82. The molecule has 1 aliphatic carbocycles. The maximum Gasteiger partial charge on any atom is 0.416 e. The van der Waals surface area contributed by atoms with Gasteiger partial charge in [-0.05, 0) is 48.2 Å². The molecule has 1 atom stereocenters. The first-order chi connectivity index (χ1) is 17.0. The summed E-state index contributed by atoms with van der Waals surface area (Å²) in [6.07, 6.45) is -4.83. The number of H-pyrrole nitrogens is 1. The van der Waals surface area contributed by atoms with E-state index in [1.165, 1.54) is 17.0 Å². The highest BCUT2D eigenvalue weighted by atomic mass is 19.4. The summed E-state index contributed by atoms with van der Waals surface area (Å²) in [7, 11) is 0. The van der Waals surface area contributed by atoms with Crippen molar-refractivity contribution < 1.29 is 31.9 Å². The topological polar surface area (TPSA) is 86.3 Å². The van der Waals surface area contributed by atoms with Crippen molar-refractivity contribution in [2.45, 2.75) is 43.5 Å². The van der Waals surface area contributed by atoms with E-state index in [1.54, 1.807) is 0 Å². The third-order valence-electron chi connectivity index (χ3n) is 6.78. The number of rotatable bonds is 4. The van der Waals surface area contributed by atoms with Gasteiger partial charge in [0.15, 0.2) is 6.10 Å². The first kappa shape index (κ1) is 24.1. The smallest absolute Gasteiger partial charge is 0.378 e. The normalized spacial score (nSPS) is 17.4. The number of fused-ring (bicyclic) bond motifs is 1. The molecule has 1 aliphatic heterocycles. The Hall–Kier alpha value is -3.60. The van der Waals surface area contributed by atoms with E-state index >= 15 is 0 Å². The summed E-state index contributed by atoms with van der Waals surface area (Å²) in [5, 5.41) is 10.4. The van der Waals surface area contributed by atoms with Crippen molar-refractivity contribution >= 4 is 5.91 Å². The SMILES string of the molecule is O=C(C(O)c1cc(F)cc(F)c1)N1CCc2nc(C3(c4ccc(C(F)(F)F)cc4)CC3)[nH]c(=O)c2C1. The van der Waals surface area contributed by atoms with E-state index in [0.29, 0.717) is 36.0 Å². The maximum atomic E-state index is 13.5. The highest BCUT2D eigenvalue weighted by Crippen LogP contribution is 2.52. The standard InChI is InChI=1S/C25H20F5N3O3/c26-16-9-13(10-17(27)11-16)20(34)22(36)33-8-5-19-18(12-33)21(35)32-23(31-19)24(6-7-24)14-1-3-15(4-2-14)25(28,29)30/h1-4,9-11,20,34H,5-8,12H2,(H,31,32,35). The van der Waals surface area contributed by atoms with Crippen molar-refractivity contribution in [2.24, 2.45) is 0 Å². The molecule has 1 aromatic heterocycles. The number of nitrogens with one attached hydrogen (secondary N) is 1. The fraction of sp³-hybridized carbons (Fsp3) is 0.320. The van der Waals surface area contributed by atoms with Crippen LogP contribution in [0.1, 0.15) is 52.7 Å². The number of carbonyl (C=O) groups is 1. The number of hydrogen-bond donors (Lipinski definition) is 2. The summed E-state index contributed by atoms with van der Waals surface area (Å²) in [6.45, 7) is -0.0389. The summed E-state index contributed by atoms with van der Waals surface area (Å²) in [5.74, 6) is -2.31. The molecule has 2 heterocycles. The molecule has 3 aromatic rings. The van der Waals surface area contributed by atoms with Crippen molar-refractivity contribution in [3.8, 4) is 0 Å². The third-order valence-corrected chi connectivity index (χ3v) is 6.78. The summed E-state index contributed by atoms with van der Waals surface area (Å²) in [6, 6.07) is 7.15. The van der Waals surface area contributed by atoms with Gasteiger partial charge >= 0.3 is 6.18 Å². The van der Waals surface area contributed by atoms with Crippen LogP contribution in [0.2, 0.25) is 0 Å². The molecule has 2 aromatic carbocycles. The minimum Gasteiger partial charge on any atom is -0.378 e. The van der Waals surface area contributed by atoms with Crippen molar-refractivity contribution in [2.75, 3.05) is 6.54 Å². The van der Waals surface area contributed by atoms with E-state index in [0.717, 1.165) is 24.3 Å². The molecule has 0 bridgehead atoms. The van der Waals surface area contributed by atoms with E-state index < -0.39 is 46.4 Å². The number of aromatic nitrogens is 2. The van der Waals surface area contributed by atoms with Crippen molar-refractivity contribution in [1.29, 1.82) is 0 Å². The molecule has 188 valence electrons. The molecule has 11 heteroatoms. The number of carbonyl (C=O) groups excluding carboxylic acids is 1. The first-order valence-corrected chi connectivity index (χ1v) is 11.2. The molecule has 1 amide bonds. The lowest BCUT2D eigenvalue weighted by molar-refractivity contribution is -0.141. The molecular weight excluding hydrogens is 485 g/mol. The van der Waals surface area contributed by atoms with Crippen LogP contribution in [0.5, 0.6) is 0 Å². The molecule has 2 aliphatic rings. The number of halogens is 5. The molecule has 0 radical (unpaired) electrons. The van der Waals surface area contributed by atoms with Gasteiger partial charge in [0, 0.05) is 19.0 Å². The quantitative estimate of drug-likeness (QED) is 0.529. The monoisotopic (exact) mass is 505 g/mol. The van der Waals surface area contributed by atoms with Gasteiger partial charge in [0.05, 0.1) is 28.8 Å². The van der Waals surface area contributed by atoms with E-state index in [9.17, 15) is 36.6 Å². The number of hydrogen-bond acceptors (Lipinski definition) is 4. The predicted octanol–water partition coefficient (Wildman–Crippen LogP) is 3.77. The van der Waals surface area contributed by atoms with Crippen molar-refractivity contribution in [1.82, 2.24) is 14.9 Å². The molecular formula is C25H20F5N3O3. The minimum absolute atomic E-state index is 0.115. The highest BCUT2D eigenvalue weighted by Gasteiger charge is 2.49. The van der Waals surface area contributed by atoms with Crippen molar-refractivity contribution in [3.63, 3.8) is 0 Å². The van der Waals surface area contributed by atoms with E-state index in [1.807, 2.05) is 0 Å². The molecule has 1 saturated carbocycles. The van der Waals surface area contributed by atoms with Gasteiger partial charge in [-0.3, -0.25) is 9.59 Å². The van der Waals surface area contributed by atoms with Gasteiger partial charge in [-0.1, -0.05) is 12.1 Å². The number of aromatic amines is 1. The van der Waals surface area contributed by atoms with Crippen LogP contribution < -0.4 is 5.56 Å². The average molecular weight is 505 g/mol. The average Bonchev–Trinajstić information content (AvgIpc) is 3.64.